The fraction of sp³-hybridized carbons (Fsp3) is 0.938. The lowest BCUT2D eigenvalue weighted by Crippen LogP contribution is -2.53. The first kappa shape index (κ1) is 20.3. The maximum absolute atomic E-state index is 12.2. The number of hydrogen-bond donors (Lipinski definition) is 1. The maximum atomic E-state index is 12.2. The van der Waals surface area contributed by atoms with Gasteiger partial charge in [0.15, 0.2) is 0 Å². The maximum Gasteiger partial charge on any atom is 0.326 e. The van der Waals surface area contributed by atoms with Crippen molar-refractivity contribution < 1.29 is 14.3 Å². The van der Waals surface area contributed by atoms with Crippen LogP contribution in [0.2, 0.25) is 0 Å². The molecule has 0 saturated heterocycles. The second-order valence-electron chi connectivity index (χ2n) is 5.88. The van der Waals surface area contributed by atoms with Crippen LogP contribution >= 0.6 is 0 Å². The molecule has 0 aromatic rings. The molecule has 0 aliphatic heterocycles. The Morgan fingerprint density at radius 3 is 2.43 bits per heavy atom. The van der Waals surface area contributed by atoms with Gasteiger partial charge in [-0.1, -0.05) is 6.92 Å². The zero-order valence-corrected chi connectivity index (χ0v) is 14.7. The average molecular weight is 302 g/mol. The number of hydrogen-bond acceptors (Lipinski definition) is 5. The van der Waals surface area contributed by atoms with Crippen molar-refractivity contribution in [2.75, 3.05) is 40.0 Å². The SMILES string of the molecule is CCOC(=O)C(C)(CCCN(CC)CCOC)NC(C)C. The number of likely N-dealkylation sites (N-methyl/N-ethyl adjacent to an activating group) is 1. The Hall–Kier alpha value is -0.650. The van der Waals surface area contributed by atoms with E-state index >= 15 is 0 Å². The van der Waals surface area contributed by atoms with Gasteiger partial charge in [0.2, 0.25) is 0 Å². The molecule has 126 valence electrons. The fourth-order valence-corrected chi connectivity index (χ4v) is 2.47. The van der Waals surface area contributed by atoms with Crippen molar-refractivity contribution in [1.82, 2.24) is 10.2 Å². The molecule has 0 spiro atoms. The van der Waals surface area contributed by atoms with Crippen LogP contribution < -0.4 is 5.32 Å². The van der Waals surface area contributed by atoms with E-state index in [1.807, 2.05) is 13.8 Å². The second-order valence-corrected chi connectivity index (χ2v) is 5.88. The van der Waals surface area contributed by atoms with Gasteiger partial charge in [-0.3, -0.25) is 10.1 Å². The summed E-state index contributed by atoms with van der Waals surface area (Å²) in [7, 11) is 1.72. The molecular formula is C16H34N2O3. The second kappa shape index (κ2) is 11.0. The highest BCUT2D eigenvalue weighted by Gasteiger charge is 2.34. The molecule has 1 N–H and O–H groups in total. The first-order valence-electron chi connectivity index (χ1n) is 8.05. The third-order valence-electron chi connectivity index (χ3n) is 3.54. The first-order chi connectivity index (χ1) is 9.89. The van der Waals surface area contributed by atoms with Crippen molar-refractivity contribution in [3.8, 4) is 0 Å². The minimum absolute atomic E-state index is 0.154. The number of ether oxygens (including phenoxy) is 2. The number of nitrogens with one attached hydrogen (secondary N) is 1. The molecule has 0 aromatic heterocycles. The molecule has 1 unspecified atom stereocenters. The van der Waals surface area contributed by atoms with E-state index in [9.17, 15) is 4.79 Å². The van der Waals surface area contributed by atoms with Gasteiger partial charge in [-0.25, -0.2) is 0 Å². The molecule has 0 aliphatic rings. The lowest BCUT2D eigenvalue weighted by molar-refractivity contribution is -0.151. The van der Waals surface area contributed by atoms with Crippen LogP contribution in [0, 0.1) is 0 Å². The molecule has 0 bridgehead atoms. The number of methoxy groups -OCH3 is 1. The van der Waals surface area contributed by atoms with E-state index < -0.39 is 5.54 Å². The summed E-state index contributed by atoms with van der Waals surface area (Å²) in [5, 5.41) is 3.36. The summed E-state index contributed by atoms with van der Waals surface area (Å²) in [6.45, 7) is 14.1. The van der Waals surface area contributed by atoms with Crippen molar-refractivity contribution in [2.24, 2.45) is 0 Å². The summed E-state index contributed by atoms with van der Waals surface area (Å²) >= 11 is 0. The molecule has 0 fully saturated rings. The lowest BCUT2D eigenvalue weighted by Gasteiger charge is -2.31. The van der Waals surface area contributed by atoms with Gasteiger partial charge in [-0.15, -0.1) is 0 Å². The molecule has 0 heterocycles. The quantitative estimate of drug-likeness (QED) is 0.559. The zero-order chi connectivity index (χ0) is 16.3. The highest BCUT2D eigenvalue weighted by Crippen LogP contribution is 2.16. The van der Waals surface area contributed by atoms with Gasteiger partial charge in [0.1, 0.15) is 5.54 Å². The summed E-state index contributed by atoms with van der Waals surface area (Å²) in [4.78, 5) is 14.5. The molecule has 0 rings (SSSR count). The smallest absolute Gasteiger partial charge is 0.326 e. The van der Waals surface area contributed by atoms with Crippen LogP contribution in [-0.2, 0) is 14.3 Å². The normalized spacial score (nSPS) is 14.5. The van der Waals surface area contributed by atoms with E-state index in [1.54, 1.807) is 7.11 Å². The molecule has 0 saturated carbocycles. The standard InChI is InChI=1S/C16H34N2O3/c1-7-18(12-13-20-6)11-9-10-16(5,17-14(3)4)15(19)21-8-2/h14,17H,7-13H2,1-6H3. The van der Waals surface area contributed by atoms with Gasteiger partial charge < -0.3 is 14.4 Å². The van der Waals surface area contributed by atoms with Crippen molar-refractivity contribution >= 4 is 5.97 Å². The molecule has 5 nitrogen and oxygen atoms in total. The highest BCUT2D eigenvalue weighted by molar-refractivity contribution is 5.80. The van der Waals surface area contributed by atoms with Crippen molar-refractivity contribution in [1.29, 1.82) is 0 Å². The van der Waals surface area contributed by atoms with Crippen LogP contribution in [0.15, 0.2) is 0 Å². The van der Waals surface area contributed by atoms with E-state index in [-0.39, 0.29) is 12.0 Å². The molecule has 0 amide bonds. The van der Waals surface area contributed by atoms with E-state index in [0.717, 1.165) is 39.1 Å². The van der Waals surface area contributed by atoms with E-state index in [4.69, 9.17) is 9.47 Å². The minimum atomic E-state index is -0.606. The summed E-state index contributed by atoms with van der Waals surface area (Å²) < 4.78 is 10.3. The Labute approximate surface area is 130 Å². The van der Waals surface area contributed by atoms with Crippen molar-refractivity contribution in [3.63, 3.8) is 0 Å². The van der Waals surface area contributed by atoms with Gasteiger partial charge in [-0.2, -0.15) is 0 Å². The third-order valence-corrected chi connectivity index (χ3v) is 3.54. The number of rotatable bonds is 12. The van der Waals surface area contributed by atoms with Crippen LogP contribution in [0.5, 0.6) is 0 Å². The summed E-state index contributed by atoms with van der Waals surface area (Å²) in [5.74, 6) is -0.154. The van der Waals surface area contributed by atoms with Crippen LogP contribution in [0.25, 0.3) is 0 Å². The first-order valence-corrected chi connectivity index (χ1v) is 8.05. The van der Waals surface area contributed by atoms with Gasteiger partial charge in [0, 0.05) is 19.7 Å². The Bertz CT molecular complexity index is 285. The molecule has 1 atom stereocenters. The molecule has 0 aliphatic carbocycles. The fourth-order valence-electron chi connectivity index (χ4n) is 2.47. The molecule has 0 aromatic carbocycles. The predicted octanol–water partition coefficient (Wildman–Crippen LogP) is 2.05. The lowest BCUT2D eigenvalue weighted by atomic mass is 9.94. The van der Waals surface area contributed by atoms with E-state index in [2.05, 4.69) is 31.0 Å². The number of esters is 1. The van der Waals surface area contributed by atoms with E-state index in [0.29, 0.717) is 6.61 Å². The topological polar surface area (TPSA) is 50.8 Å². The van der Waals surface area contributed by atoms with Gasteiger partial charge >= 0.3 is 5.97 Å². The highest BCUT2D eigenvalue weighted by atomic mass is 16.5. The van der Waals surface area contributed by atoms with E-state index in [1.165, 1.54) is 0 Å². The number of carbonyl (C=O) groups excluding carboxylic acids is 1. The summed E-state index contributed by atoms with van der Waals surface area (Å²) in [5.41, 5.74) is -0.606. The van der Waals surface area contributed by atoms with Crippen LogP contribution in [0.4, 0.5) is 0 Å². The summed E-state index contributed by atoms with van der Waals surface area (Å²) in [6.07, 6.45) is 1.72. The molecule has 21 heavy (non-hydrogen) atoms. The van der Waals surface area contributed by atoms with Crippen molar-refractivity contribution in [3.05, 3.63) is 0 Å². The Balaban J connectivity index is 4.43. The Morgan fingerprint density at radius 2 is 1.95 bits per heavy atom. The number of carbonyl (C=O) groups is 1. The molecule has 5 heteroatoms. The Kier molecular flexibility index (Phi) is 10.6. The Morgan fingerprint density at radius 1 is 1.29 bits per heavy atom. The average Bonchev–Trinajstić information content (AvgIpc) is 2.42. The summed E-state index contributed by atoms with van der Waals surface area (Å²) in [6, 6.07) is 0.246. The van der Waals surface area contributed by atoms with Gasteiger partial charge in [0.05, 0.1) is 13.2 Å². The number of nitrogens with zero attached hydrogens (tertiary/aromatic N) is 1. The largest absolute Gasteiger partial charge is 0.465 e. The van der Waals surface area contributed by atoms with Crippen LogP contribution in [-0.4, -0.2) is 62.4 Å². The molecule has 0 radical (unpaired) electrons. The third kappa shape index (κ3) is 8.39. The van der Waals surface area contributed by atoms with Gasteiger partial charge in [-0.05, 0) is 53.6 Å². The van der Waals surface area contributed by atoms with Crippen molar-refractivity contribution in [2.45, 2.75) is 59.0 Å². The van der Waals surface area contributed by atoms with Gasteiger partial charge in [0.25, 0.3) is 0 Å². The van der Waals surface area contributed by atoms with Crippen LogP contribution in [0.3, 0.4) is 0 Å². The minimum Gasteiger partial charge on any atom is -0.465 e. The molecular weight excluding hydrogens is 268 g/mol. The zero-order valence-electron chi connectivity index (χ0n) is 14.7. The predicted molar refractivity (Wildman–Crippen MR) is 86.5 cm³/mol. The monoisotopic (exact) mass is 302 g/mol. The van der Waals surface area contributed by atoms with Crippen LogP contribution in [0.1, 0.15) is 47.5 Å².